The number of likely N-dealkylation sites (N-methyl/N-ethyl adjacent to an activating group) is 1. The largest absolute Gasteiger partial charge is 0.292 e. The zero-order valence-corrected chi connectivity index (χ0v) is 12.7. The van der Waals surface area contributed by atoms with Gasteiger partial charge in [-0.25, -0.2) is 0 Å². The average molecular weight is 263 g/mol. The molecule has 2 nitrogen and oxygen atoms in total. The van der Waals surface area contributed by atoms with Crippen molar-refractivity contribution >= 4 is 5.78 Å². The molecule has 2 aliphatic rings. The van der Waals surface area contributed by atoms with Crippen molar-refractivity contribution in [2.24, 2.45) is 0 Å². The van der Waals surface area contributed by atoms with Crippen LogP contribution in [-0.2, 0) is 4.79 Å². The highest BCUT2D eigenvalue weighted by Gasteiger charge is 2.45. The summed E-state index contributed by atoms with van der Waals surface area (Å²) in [5.74, 6) is 0.468. The second-order valence-corrected chi connectivity index (χ2v) is 6.07. The van der Waals surface area contributed by atoms with Gasteiger partial charge in [-0.15, -0.1) is 0 Å². The van der Waals surface area contributed by atoms with E-state index < -0.39 is 0 Å². The Hall–Kier alpha value is -0.630. The van der Waals surface area contributed by atoms with Gasteiger partial charge in [-0.1, -0.05) is 39.2 Å². The molecule has 0 aliphatic heterocycles. The van der Waals surface area contributed by atoms with E-state index in [0.717, 1.165) is 44.3 Å². The van der Waals surface area contributed by atoms with Gasteiger partial charge in [-0.3, -0.25) is 9.69 Å². The molecular weight excluding hydrogens is 234 g/mol. The molecule has 1 fully saturated rings. The van der Waals surface area contributed by atoms with Gasteiger partial charge in [-0.2, -0.15) is 0 Å². The molecule has 0 heterocycles. The summed E-state index contributed by atoms with van der Waals surface area (Å²) in [4.78, 5) is 15.5. The maximum atomic E-state index is 13.1. The van der Waals surface area contributed by atoms with Crippen LogP contribution in [0.1, 0.15) is 71.6 Å². The van der Waals surface area contributed by atoms with E-state index in [1.54, 1.807) is 0 Å². The lowest BCUT2D eigenvalue weighted by Gasteiger charge is -2.39. The second kappa shape index (κ2) is 6.69. The van der Waals surface area contributed by atoms with E-state index in [0.29, 0.717) is 5.78 Å². The zero-order valence-electron chi connectivity index (χ0n) is 12.7. The molecule has 0 unspecified atom stereocenters. The molecule has 0 saturated heterocycles. The summed E-state index contributed by atoms with van der Waals surface area (Å²) >= 11 is 0. The Morgan fingerprint density at radius 2 is 1.79 bits per heavy atom. The number of carbonyl (C=O) groups excluding carboxylic acids is 1. The first-order valence-electron chi connectivity index (χ1n) is 8.23. The summed E-state index contributed by atoms with van der Waals surface area (Å²) < 4.78 is 0. The fraction of sp³-hybridized carbons (Fsp3) is 0.824. The Kier molecular flexibility index (Phi) is 5.20. The molecule has 0 aromatic carbocycles. The number of allylic oxidation sites excluding steroid dienone is 1. The lowest BCUT2D eigenvalue weighted by Crippen LogP contribution is -2.53. The molecule has 0 spiro atoms. The topological polar surface area (TPSA) is 20.3 Å². The zero-order chi connectivity index (χ0) is 13.7. The van der Waals surface area contributed by atoms with E-state index in [4.69, 9.17) is 0 Å². The maximum absolute atomic E-state index is 13.1. The van der Waals surface area contributed by atoms with Crippen LogP contribution in [0.3, 0.4) is 0 Å². The van der Waals surface area contributed by atoms with Gasteiger partial charge in [0.05, 0.1) is 5.54 Å². The molecule has 0 bridgehead atoms. The summed E-state index contributed by atoms with van der Waals surface area (Å²) in [6.07, 6.45) is 12.7. The molecule has 2 heteroatoms. The lowest BCUT2D eigenvalue weighted by atomic mass is 9.84. The Labute approximate surface area is 118 Å². The summed E-state index contributed by atoms with van der Waals surface area (Å²) in [7, 11) is 0. The Morgan fingerprint density at radius 3 is 2.42 bits per heavy atom. The van der Waals surface area contributed by atoms with Gasteiger partial charge in [0.15, 0.2) is 5.78 Å². The first kappa shape index (κ1) is 14.8. The minimum absolute atomic E-state index is 0.153. The number of rotatable bonds is 5. The third-order valence-corrected chi connectivity index (χ3v) is 5.05. The average Bonchev–Trinajstić information content (AvgIpc) is 2.76. The summed E-state index contributed by atoms with van der Waals surface area (Å²) in [6.45, 7) is 6.38. The normalized spacial score (nSPS) is 23.2. The number of Topliss-reactive ketones (excluding diaryl/α,β-unsaturated/α-hetero) is 1. The lowest BCUT2D eigenvalue weighted by molar-refractivity contribution is -0.127. The summed E-state index contributed by atoms with van der Waals surface area (Å²) in [5, 5.41) is 0. The first-order valence-corrected chi connectivity index (χ1v) is 8.23. The van der Waals surface area contributed by atoms with Crippen molar-refractivity contribution in [3.05, 3.63) is 11.6 Å². The second-order valence-electron chi connectivity index (χ2n) is 6.07. The fourth-order valence-corrected chi connectivity index (χ4v) is 4.00. The molecule has 108 valence electrons. The van der Waals surface area contributed by atoms with Crippen molar-refractivity contribution < 1.29 is 4.79 Å². The van der Waals surface area contributed by atoms with Gasteiger partial charge in [0, 0.05) is 0 Å². The standard InChI is InChI=1S/C17H29NO/c1-3-18(4-2)17(13-9-10-14-17)16(19)15-11-7-5-6-8-12-15/h11H,3-10,12-14H2,1-2H3. The first-order chi connectivity index (χ1) is 9.24. The van der Waals surface area contributed by atoms with Crippen LogP contribution in [0.4, 0.5) is 0 Å². The molecule has 0 amide bonds. The van der Waals surface area contributed by atoms with Crippen molar-refractivity contribution in [3.8, 4) is 0 Å². The number of hydrogen-bond acceptors (Lipinski definition) is 2. The van der Waals surface area contributed by atoms with Crippen molar-refractivity contribution in [2.45, 2.75) is 77.2 Å². The van der Waals surface area contributed by atoms with Crippen LogP contribution >= 0.6 is 0 Å². The molecular formula is C17H29NO. The number of carbonyl (C=O) groups is 1. The molecule has 1 saturated carbocycles. The van der Waals surface area contributed by atoms with Crippen LogP contribution in [0.5, 0.6) is 0 Å². The van der Waals surface area contributed by atoms with Crippen molar-refractivity contribution in [1.29, 1.82) is 0 Å². The van der Waals surface area contributed by atoms with Gasteiger partial charge in [0.1, 0.15) is 0 Å². The van der Waals surface area contributed by atoms with Crippen LogP contribution in [0.15, 0.2) is 11.6 Å². The molecule has 0 atom stereocenters. The predicted octanol–water partition coefficient (Wildman–Crippen LogP) is 4.10. The smallest absolute Gasteiger partial charge is 0.178 e. The minimum Gasteiger partial charge on any atom is -0.292 e. The van der Waals surface area contributed by atoms with Crippen molar-refractivity contribution in [2.75, 3.05) is 13.1 Å². The molecule has 0 N–H and O–H groups in total. The molecule has 0 aromatic rings. The fourth-order valence-electron chi connectivity index (χ4n) is 4.00. The molecule has 0 aromatic heterocycles. The van der Waals surface area contributed by atoms with Crippen LogP contribution in [0.25, 0.3) is 0 Å². The molecule has 0 radical (unpaired) electrons. The number of hydrogen-bond donors (Lipinski definition) is 0. The predicted molar refractivity (Wildman–Crippen MR) is 80.3 cm³/mol. The summed E-state index contributed by atoms with van der Waals surface area (Å²) in [5.41, 5.74) is 0.992. The van der Waals surface area contributed by atoms with Gasteiger partial charge in [0.25, 0.3) is 0 Å². The molecule has 19 heavy (non-hydrogen) atoms. The van der Waals surface area contributed by atoms with Crippen molar-refractivity contribution in [3.63, 3.8) is 0 Å². The van der Waals surface area contributed by atoms with E-state index in [9.17, 15) is 4.79 Å². The monoisotopic (exact) mass is 263 g/mol. The van der Waals surface area contributed by atoms with Crippen LogP contribution in [0.2, 0.25) is 0 Å². The Morgan fingerprint density at radius 1 is 1.11 bits per heavy atom. The van der Waals surface area contributed by atoms with E-state index in [1.165, 1.54) is 32.1 Å². The summed E-state index contributed by atoms with van der Waals surface area (Å²) in [6, 6.07) is 0. The third kappa shape index (κ3) is 2.94. The van der Waals surface area contributed by atoms with Crippen LogP contribution in [0, 0.1) is 0 Å². The quantitative estimate of drug-likeness (QED) is 0.744. The van der Waals surface area contributed by atoms with E-state index >= 15 is 0 Å². The Bertz CT molecular complexity index is 335. The number of nitrogens with zero attached hydrogens (tertiary/aromatic N) is 1. The van der Waals surface area contributed by atoms with E-state index in [2.05, 4.69) is 24.8 Å². The highest BCUT2D eigenvalue weighted by Crippen LogP contribution is 2.39. The number of ketones is 1. The molecule has 2 aliphatic carbocycles. The van der Waals surface area contributed by atoms with Gasteiger partial charge >= 0.3 is 0 Å². The highest BCUT2D eigenvalue weighted by atomic mass is 16.1. The van der Waals surface area contributed by atoms with E-state index in [1.807, 2.05) is 0 Å². The van der Waals surface area contributed by atoms with Crippen LogP contribution < -0.4 is 0 Å². The van der Waals surface area contributed by atoms with Crippen molar-refractivity contribution in [1.82, 2.24) is 4.90 Å². The van der Waals surface area contributed by atoms with Gasteiger partial charge in [-0.05, 0) is 57.2 Å². The Balaban J connectivity index is 2.23. The maximum Gasteiger partial charge on any atom is 0.178 e. The third-order valence-electron chi connectivity index (χ3n) is 5.05. The van der Waals surface area contributed by atoms with Gasteiger partial charge < -0.3 is 0 Å². The minimum atomic E-state index is -0.153. The SMILES string of the molecule is CCN(CC)C1(C(=O)C2=CCCCCC2)CCCC1. The van der Waals surface area contributed by atoms with Gasteiger partial charge in [0.2, 0.25) is 0 Å². The van der Waals surface area contributed by atoms with E-state index in [-0.39, 0.29) is 5.54 Å². The highest BCUT2D eigenvalue weighted by molar-refractivity contribution is 6.02. The molecule has 2 rings (SSSR count). The van der Waals surface area contributed by atoms with Crippen LogP contribution in [-0.4, -0.2) is 29.3 Å².